The maximum atomic E-state index is 13.2. The maximum Gasteiger partial charge on any atom is 0.275 e. The summed E-state index contributed by atoms with van der Waals surface area (Å²) >= 11 is 0. The molecule has 27 heavy (non-hydrogen) atoms. The molecule has 0 radical (unpaired) electrons. The number of piperidine rings is 1. The predicted octanol–water partition coefficient (Wildman–Crippen LogP) is 0.875. The normalized spacial score (nSPS) is 16.3. The highest BCUT2D eigenvalue weighted by Crippen LogP contribution is 2.31. The number of nitrogens with one attached hydrogen (secondary N) is 1. The largest absolute Gasteiger partial charge is 0.451 e. The van der Waals surface area contributed by atoms with Gasteiger partial charge in [0.1, 0.15) is 11.8 Å². The molecule has 0 saturated carbocycles. The molecule has 4 rings (SSSR count). The number of hydrogen-bond donors (Lipinski definition) is 1. The van der Waals surface area contributed by atoms with Crippen LogP contribution in [0.5, 0.6) is 0 Å². The van der Waals surface area contributed by atoms with Gasteiger partial charge in [-0.3, -0.25) is 19.0 Å². The molecule has 1 N–H and O–H groups in total. The van der Waals surface area contributed by atoms with E-state index in [9.17, 15) is 9.59 Å². The van der Waals surface area contributed by atoms with E-state index in [1.54, 1.807) is 52.0 Å². The third kappa shape index (κ3) is 3.09. The standard InChI is InChI=1S/C17H19N7O3/c1-22-8-3-14(21-22)20-16(26)17(24-7-2-6-19-24)4-9-23(10-5-17)15(25)13-11-27-12-18-13/h2-3,6-8,11-12H,4-5,9-10H2,1H3,(H,20,21,26). The summed E-state index contributed by atoms with van der Waals surface area (Å²) in [7, 11) is 1.78. The van der Waals surface area contributed by atoms with E-state index >= 15 is 0 Å². The summed E-state index contributed by atoms with van der Waals surface area (Å²) in [4.78, 5) is 31.2. The minimum absolute atomic E-state index is 0.196. The molecule has 0 unspecified atom stereocenters. The molecule has 140 valence electrons. The number of carbonyl (C=O) groups excluding carboxylic acids is 2. The second kappa shape index (κ2) is 6.71. The third-order valence-electron chi connectivity index (χ3n) is 4.85. The second-order valence-electron chi connectivity index (χ2n) is 6.48. The molecule has 0 atom stereocenters. The first-order chi connectivity index (χ1) is 13.1. The molecular formula is C17H19N7O3. The van der Waals surface area contributed by atoms with Crippen LogP contribution in [0.25, 0.3) is 0 Å². The van der Waals surface area contributed by atoms with Crippen molar-refractivity contribution in [3.05, 3.63) is 49.1 Å². The number of nitrogens with zero attached hydrogens (tertiary/aromatic N) is 6. The Morgan fingerprint density at radius 3 is 2.67 bits per heavy atom. The van der Waals surface area contributed by atoms with Crippen molar-refractivity contribution in [3.8, 4) is 0 Å². The van der Waals surface area contributed by atoms with Crippen molar-refractivity contribution in [2.45, 2.75) is 18.4 Å². The Balaban J connectivity index is 1.54. The molecule has 10 heteroatoms. The molecule has 4 heterocycles. The molecule has 0 aromatic carbocycles. The van der Waals surface area contributed by atoms with Gasteiger partial charge in [0, 0.05) is 44.8 Å². The number of aryl methyl sites for hydroxylation is 1. The van der Waals surface area contributed by atoms with Crippen molar-refractivity contribution >= 4 is 17.6 Å². The van der Waals surface area contributed by atoms with E-state index in [0.717, 1.165) is 0 Å². The minimum atomic E-state index is -0.887. The van der Waals surface area contributed by atoms with Crippen LogP contribution in [0.1, 0.15) is 23.3 Å². The molecule has 10 nitrogen and oxygen atoms in total. The van der Waals surface area contributed by atoms with E-state index in [1.807, 2.05) is 0 Å². The molecule has 0 bridgehead atoms. The van der Waals surface area contributed by atoms with Gasteiger partial charge in [0.2, 0.25) is 0 Å². The van der Waals surface area contributed by atoms with E-state index in [2.05, 4.69) is 20.5 Å². The monoisotopic (exact) mass is 369 g/mol. The lowest BCUT2D eigenvalue weighted by atomic mass is 9.86. The number of amides is 2. The van der Waals surface area contributed by atoms with Gasteiger partial charge in [0.15, 0.2) is 17.9 Å². The van der Waals surface area contributed by atoms with Gasteiger partial charge in [-0.15, -0.1) is 0 Å². The quantitative estimate of drug-likeness (QED) is 0.731. The lowest BCUT2D eigenvalue weighted by Gasteiger charge is -2.40. The van der Waals surface area contributed by atoms with Gasteiger partial charge < -0.3 is 14.6 Å². The van der Waals surface area contributed by atoms with Crippen LogP contribution >= 0.6 is 0 Å². The van der Waals surface area contributed by atoms with Gasteiger partial charge >= 0.3 is 0 Å². The Morgan fingerprint density at radius 1 is 1.26 bits per heavy atom. The SMILES string of the molecule is Cn1ccc(NC(=O)C2(n3cccn3)CCN(C(=O)c3cocn3)CC2)n1. The summed E-state index contributed by atoms with van der Waals surface area (Å²) < 4.78 is 8.18. The van der Waals surface area contributed by atoms with Gasteiger partial charge in [0.25, 0.3) is 11.8 Å². The zero-order chi connectivity index (χ0) is 18.9. The fourth-order valence-electron chi connectivity index (χ4n) is 3.36. The summed E-state index contributed by atoms with van der Waals surface area (Å²) in [5.41, 5.74) is -0.624. The van der Waals surface area contributed by atoms with E-state index in [0.29, 0.717) is 31.7 Å². The molecule has 1 aliphatic heterocycles. The predicted molar refractivity (Wildman–Crippen MR) is 93.7 cm³/mol. The highest BCUT2D eigenvalue weighted by atomic mass is 16.3. The molecule has 2 amide bonds. The number of hydrogen-bond acceptors (Lipinski definition) is 6. The van der Waals surface area contributed by atoms with Crippen LogP contribution in [-0.4, -0.2) is 54.3 Å². The van der Waals surface area contributed by atoms with Crippen LogP contribution in [0.2, 0.25) is 0 Å². The Morgan fingerprint density at radius 2 is 2.07 bits per heavy atom. The van der Waals surface area contributed by atoms with Gasteiger partial charge in [-0.2, -0.15) is 10.2 Å². The summed E-state index contributed by atoms with van der Waals surface area (Å²) in [6.45, 7) is 0.808. The van der Waals surface area contributed by atoms with E-state index < -0.39 is 5.54 Å². The molecular weight excluding hydrogens is 350 g/mol. The number of carbonyl (C=O) groups is 2. The molecule has 1 fully saturated rings. The van der Waals surface area contributed by atoms with Crippen molar-refractivity contribution in [1.29, 1.82) is 0 Å². The lowest BCUT2D eigenvalue weighted by Crippen LogP contribution is -2.54. The average molecular weight is 369 g/mol. The van der Waals surface area contributed by atoms with Gasteiger partial charge in [-0.05, 0) is 18.9 Å². The topological polar surface area (TPSA) is 111 Å². The number of aromatic nitrogens is 5. The van der Waals surface area contributed by atoms with Gasteiger partial charge in [-0.25, -0.2) is 4.98 Å². The first-order valence-corrected chi connectivity index (χ1v) is 8.57. The number of rotatable bonds is 4. The van der Waals surface area contributed by atoms with Crippen LogP contribution < -0.4 is 5.32 Å². The maximum absolute atomic E-state index is 13.2. The smallest absolute Gasteiger partial charge is 0.275 e. The first kappa shape index (κ1) is 17.0. The zero-order valence-electron chi connectivity index (χ0n) is 14.8. The third-order valence-corrected chi connectivity index (χ3v) is 4.85. The van der Waals surface area contributed by atoms with Crippen LogP contribution in [0, 0.1) is 0 Å². The Labute approximate surface area is 154 Å². The summed E-state index contributed by atoms with van der Waals surface area (Å²) in [5.74, 6) is 0.0801. The van der Waals surface area contributed by atoms with E-state index in [1.165, 1.54) is 12.7 Å². The van der Waals surface area contributed by atoms with Crippen molar-refractivity contribution < 1.29 is 14.0 Å². The lowest BCUT2D eigenvalue weighted by molar-refractivity contribution is -0.127. The molecule has 1 saturated heterocycles. The van der Waals surface area contributed by atoms with Gasteiger partial charge in [0.05, 0.1) is 0 Å². The fourth-order valence-corrected chi connectivity index (χ4v) is 3.36. The zero-order valence-corrected chi connectivity index (χ0v) is 14.8. The second-order valence-corrected chi connectivity index (χ2v) is 6.48. The number of likely N-dealkylation sites (tertiary alicyclic amines) is 1. The van der Waals surface area contributed by atoms with Crippen LogP contribution in [0.15, 0.2) is 47.8 Å². The Bertz CT molecular complexity index is 922. The summed E-state index contributed by atoms with van der Waals surface area (Å²) in [6.07, 6.45) is 8.58. The van der Waals surface area contributed by atoms with Crippen molar-refractivity contribution in [3.63, 3.8) is 0 Å². The van der Waals surface area contributed by atoms with Gasteiger partial charge in [-0.1, -0.05) is 0 Å². The Kier molecular flexibility index (Phi) is 4.22. The highest BCUT2D eigenvalue weighted by Gasteiger charge is 2.45. The highest BCUT2D eigenvalue weighted by molar-refractivity contribution is 5.96. The number of anilines is 1. The summed E-state index contributed by atoms with van der Waals surface area (Å²) in [5, 5.41) is 11.4. The Hall–Kier alpha value is -3.43. The minimum Gasteiger partial charge on any atom is -0.451 e. The van der Waals surface area contributed by atoms with Crippen LogP contribution in [0.3, 0.4) is 0 Å². The molecule has 0 spiro atoms. The molecule has 3 aromatic rings. The molecule has 1 aliphatic rings. The van der Waals surface area contributed by atoms with Crippen molar-refractivity contribution in [1.82, 2.24) is 29.4 Å². The fraction of sp³-hybridized carbons (Fsp3) is 0.353. The molecule has 3 aromatic heterocycles. The van der Waals surface area contributed by atoms with Crippen molar-refractivity contribution in [2.75, 3.05) is 18.4 Å². The van der Waals surface area contributed by atoms with Crippen molar-refractivity contribution in [2.24, 2.45) is 7.05 Å². The van der Waals surface area contributed by atoms with E-state index in [-0.39, 0.29) is 17.5 Å². The molecule has 0 aliphatic carbocycles. The average Bonchev–Trinajstić information content (AvgIpc) is 3.44. The van der Waals surface area contributed by atoms with E-state index in [4.69, 9.17) is 4.42 Å². The van der Waals surface area contributed by atoms with Crippen LogP contribution in [0.4, 0.5) is 5.82 Å². The first-order valence-electron chi connectivity index (χ1n) is 8.57. The van der Waals surface area contributed by atoms with Crippen LogP contribution in [-0.2, 0) is 17.4 Å². The summed E-state index contributed by atoms with van der Waals surface area (Å²) in [6, 6.07) is 3.51. The number of oxazole rings is 1.